The Hall–Kier alpha value is -3.48. The average molecular weight is 364 g/mol. The number of para-hydroxylation sites is 1. The van der Waals surface area contributed by atoms with Gasteiger partial charge in [0.05, 0.1) is 19.0 Å². The van der Waals surface area contributed by atoms with Gasteiger partial charge in [0, 0.05) is 11.3 Å². The van der Waals surface area contributed by atoms with E-state index < -0.39 is 5.69 Å². The molecule has 3 aromatic rings. The van der Waals surface area contributed by atoms with Crippen molar-refractivity contribution in [3.8, 4) is 17.0 Å². The van der Waals surface area contributed by atoms with E-state index >= 15 is 0 Å². The fraction of sp³-hybridized carbons (Fsp3) is 0.200. The minimum atomic E-state index is -0.583. The molecular weight excluding hydrogens is 344 g/mol. The van der Waals surface area contributed by atoms with E-state index in [0.29, 0.717) is 11.4 Å². The van der Waals surface area contributed by atoms with Crippen molar-refractivity contribution < 1.29 is 9.53 Å². The fourth-order valence-electron chi connectivity index (χ4n) is 2.70. The van der Waals surface area contributed by atoms with Gasteiger partial charge in [0.2, 0.25) is 5.91 Å². The maximum Gasteiger partial charge on any atom is 0.365 e. The predicted octanol–water partition coefficient (Wildman–Crippen LogP) is 2.57. The summed E-state index contributed by atoms with van der Waals surface area (Å²) in [4.78, 5) is 28.6. The van der Waals surface area contributed by atoms with Crippen molar-refractivity contribution in [3.05, 3.63) is 70.3 Å². The summed E-state index contributed by atoms with van der Waals surface area (Å²) in [6, 6.07) is 12.9. The van der Waals surface area contributed by atoms with Crippen LogP contribution < -0.4 is 15.7 Å². The summed E-state index contributed by atoms with van der Waals surface area (Å²) in [5, 5.41) is 6.91. The molecular formula is C20H20N4O3. The van der Waals surface area contributed by atoms with Gasteiger partial charge >= 0.3 is 5.69 Å². The molecule has 3 rings (SSSR count). The van der Waals surface area contributed by atoms with E-state index in [0.717, 1.165) is 27.1 Å². The van der Waals surface area contributed by atoms with Gasteiger partial charge in [0.1, 0.15) is 12.3 Å². The van der Waals surface area contributed by atoms with Crippen molar-refractivity contribution in [1.29, 1.82) is 0 Å². The summed E-state index contributed by atoms with van der Waals surface area (Å²) in [6.45, 7) is 3.62. The maximum atomic E-state index is 12.3. The zero-order valence-corrected chi connectivity index (χ0v) is 15.4. The van der Waals surface area contributed by atoms with E-state index in [1.54, 1.807) is 31.4 Å². The number of benzene rings is 2. The normalized spacial score (nSPS) is 10.5. The number of carbonyl (C=O) groups excluding carboxylic acids is 1. The van der Waals surface area contributed by atoms with Gasteiger partial charge in [-0.2, -0.15) is 10.1 Å². The number of rotatable bonds is 5. The number of carbonyl (C=O) groups is 1. The molecule has 7 nitrogen and oxygen atoms in total. The Morgan fingerprint density at radius 2 is 1.78 bits per heavy atom. The van der Waals surface area contributed by atoms with Gasteiger partial charge in [-0.3, -0.25) is 4.79 Å². The lowest BCUT2D eigenvalue weighted by Crippen LogP contribution is -2.31. The number of methoxy groups -OCH3 is 1. The molecule has 0 aliphatic carbocycles. The van der Waals surface area contributed by atoms with Gasteiger partial charge in [0.25, 0.3) is 0 Å². The minimum Gasteiger partial charge on any atom is -0.497 e. The van der Waals surface area contributed by atoms with E-state index in [2.05, 4.69) is 15.4 Å². The van der Waals surface area contributed by atoms with Gasteiger partial charge in [-0.1, -0.05) is 18.2 Å². The zero-order chi connectivity index (χ0) is 19.4. The molecule has 1 amide bonds. The first-order valence-electron chi connectivity index (χ1n) is 8.42. The fourth-order valence-corrected chi connectivity index (χ4v) is 2.70. The molecule has 0 bridgehead atoms. The first kappa shape index (κ1) is 18.3. The van der Waals surface area contributed by atoms with Crippen LogP contribution in [0.3, 0.4) is 0 Å². The molecule has 0 atom stereocenters. The molecule has 0 fully saturated rings. The van der Waals surface area contributed by atoms with Crippen molar-refractivity contribution >= 4 is 11.6 Å². The van der Waals surface area contributed by atoms with Crippen molar-refractivity contribution in [2.45, 2.75) is 20.4 Å². The molecule has 138 valence electrons. The quantitative estimate of drug-likeness (QED) is 0.752. The van der Waals surface area contributed by atoms with E-state index in [1.165, 1.54) is 6.20 Å². The van der Waals surface area contributed by atoms with Crippen LogP contribution in [0, 0.1) is 13.8 Å². The lowest BCUT2D eigenvalue weighted by molar-refractivity contribution is -0.117. The van der Waals surface area contributed by atoms with Crippen molar-refractivity contribution in [3.63, 3.8) is 0 Å². The van der Waals surface area contributed by atoms with Gasteiger partial charge < -0.3 is 10.1 Å². The highest BCUT2D eigenvalue weighted by Gasteiger charge is 2.11. The summed E-state index contributed by atoms with van der Waals surface area (Å²) in [7, 11) is 1.58. The highest BCUT2D eigenvalue weighted by Crippen LogP contribution is 2.20. The van der Waals surface area contributed by atoms with E-state index in [-0.39, 0.29) is 12.5 Å². The smallest absolute Gasteiger partial charge is 0.365 e. The Balaban J connectivity index is 1.76. The Bertz CT molecular complexity index is 1010. The van der Waals surface area contributed by atoms with Gasteiger partial charge in [-0.05, 0) is 49.2 Å². The Morgan fingerprint density at radius 3 is 2.37 bits per heavy atom. The van der Waals surface area contributed by atoms with Crippen molar-refractivity contribution in [1.82, 2.24) is 14.8 Å². The molecule has 0 aliphatic heterocycles. The molecule has 27 heavy (non-hydrogen) atoms. The molecule has 0 aliphatic rings. The standard InChI is InChI=1S/C20H20N4O3/c1-13-5-4-6-14(2)19(13)23-18(25)12-24-20(26)22-17(11-21-24)15-7-9-16(27-3)10-8-15/h4-11H,12H2,1-3H3,(H,23,25). The number of amides is 1. The third-order valence-corrected chi connectivity index (χ3v) is 4.18. The van der Waals surface area contributed by atoms with Crippen LogP contribution in [-0.4, -0.2) is 27.8 Å². The molecule has 1 N–H and O–H groups in total. The summed E-state index contributed by atoms with van der Waals surface area (Å²) in [6.07, 6.45) is 1.47. The summed E-state index contributed by atoms with van der Waals surface area (Å²) < 4.78 is 6.15. The second-order valence-corrected chi connectivity index (χ2v) is 6.13. The van der Waals surface area contributed by atoms with Crippen molar-refractivity contribution in [2.75, 3.05) is 12.4 Å². The summed E-state index contributed by atoms with van der Waals surface area (Å²) in [5.74, 6) is 0.379. The molecule has 0 unspecified atom stereocenters. The van der Waals surface area contributed by atoms with Crippen LogP contribution in [0.15, 0.2) is 53.5 Å². The monoisotopic (exact) mass is 364 g/mol. The SMILES string of the molecule is COc1ccc(-c2cnn(CC(=O)Nc3c(C)cccc3C)c(=O)n2)cc1. The number of nitrogens with zero attached hydrogens (tertiary/aromatic N) is 3. The van der Waals surface area contributed by atoms with Crippen LogP contribution in [0.2, 0.25) is 0 Å². The first-order valence-corrected chi connectivity index (χ1v) is 8.42. The topological polar surface area (TPSA) is 86.1 Å². The van der Waals surface area contributed by atoms with E-state index in [1.807, 2.05) is 32.0 Å². The van der Waals surface area contributed by atoms with Crippen LogP contribution in [0.5, 0.6) is 5.75 Å². The van der Waals surface area contributed by atoms with Crippen LogP contribution in [0.4, 0.5) is 5.69 Å². The number of ether oxygens (including phenoxy) is 1. The van der Waals surface area contributed by atoms with E-state index in [9.17, 15) is 9.59 Å². The van der Waals surface area contributed by atoms with Crippen molar-refractivity contribution in [2.24, 2.45) is 0 Å². The molecule has 1 aromatic heterocycles. The number of aromatic nitrogens is 3. The number of aryl methyl sites for hydroxylation is 2. The molecule has 0 saturated carbocycles. The number of nitrogens with one attached hydrogen (secondary N) is 1. The van der Waals surface area contributed by atoms with Crippen LogP contribution in [0.1, 0.15) is 11.1 Å². The van der Waals surface area contributed by atoms with E-state index in [4.69, 9.17) is 4.74 Å². The molecule has 1 heterocycles. The number of anilines is 1. The maximum absolute atomic E-state index is 12.3. The molecule has 2 aromatic carbocycles. The summed E-state index contributed by atoms with van der Waals surface area (Å²) in [5.41, 5.74) is 3.26. The Labute approximate surface area is 156 Å². The molecule has 7 heteroatoms. The van der Waals surface area contributed by atoms with Crippen LogP contribution in [0.25, 0.3) is 11.3 Å². The lowest BCUT2D eigenvalue weighted by atomic mass is 10.1. The Morgan fingerprint density at radius 1 is 1.11 bits per heavy atom. The zero-order valence-electron chi connectivity index (χ0n) is 15.4. The van der Waals surface area contributed by atoms with Gasteiger partial charge in [0.15, 0.2) is 0 Å². The molecule has 0 saturated heterocycles. The second-order valence-electron chi connectivity index (χ2n) is 6.13. The van der Waals surface area contributed by atoms with Crippen LogP contribution >= 0.6 is 0 Å². The highest BCUT2D eigenvalue weighted by molar-refractivity contribution is 5.92. The van der Waals surface area contributed by atoms with Gasteiger partial charge in [-0.25, -0.2) is 9.48 Å². The first-order chi connectivity index (χ1) is 13.0. The molecule has 0 spiro atoms. The lowest BCUT2D eigenvalue weighted by Gasteiger charge is -2.11. The number of hydrogen-bond acceptors (Lipinski definition) is 5. The third kappa shape index (κ3) is 4.20. The largest absolute Gasteiger partial charge is 0.497 e. The molecule has 0 radical (unpaired) electrons. The predicted molar refractivity (Wildman–Crippen MR) is 103 cm³/mol. The second kappa shape index (κ2) is 7.82. The van der Waals surface area contributed by atoms with Crippen LogP contribution in [-0.2, 0) is 11.3 Å². The summed E-state index contributed by atoms with van der Waals surface area (Å²) >= 11 is 0. The highest BCUT2D eigenvalue weighted by atomic mass is 16.5. The Kier molecular flexibility index (Phi) is 5.30. The minimum absolute atomic E-state index is 0.206. The third-order valence-electron chi connectivity index (χ3n) is 4.18. The number of hydrogen-bond donors (Lipinski definition) is 1. The average Bonchev–Trinajstić information content (AvgIpc) is 2.66. The van der Waals surface area contributed by atoms with Gasteiger partial charge in [-0.15, -0.1) is 0 Å².